The molecule has 0 saturated carbocycles. The number of allylic oxidation sites excluding steroid dienone is 2. The number of hydrogen-bond acceptors (Lipinski definition) is 5. The van der Waals surface area contributed by atoms with Crippen LogP contribution in [0.3, 0.4) is 0 Å². The van der Waals surface area contributed by atoms with Crippen LogP contribution in [0.5, 0.6) is 5.88 Å². The molecule has 0 radical (unpaired) electrons. The van der Waals surface area contributed by atoms with Gasteiger partial charge in [0.2, 0.25) is 0 Å². The zero-order valence-electron chi connectivity index (χ0n) is 10.8. The molecule has 2 rings (SSSR count). The number of nitrogens with zero attached hydrogens (tertiary/aromatic N) is 3. The van der Waals surface area contributed by atoms with Gasteiger partial charge >= 0.3 is 0 Å². The number of hydrogen-bond donors (Lipinski definition) is 0. The first-order valence-corrected chi connectivity index (χ1v) is 6.43. The maximum absolute atomic E-state index is 5.68. The highest BCUT2D eigenvalue weighted by atomic mass is 127. The Morgan fingerprint density at radius 3 is 2.89 bits per heavy atom. The Labute approximate surface area is 129 Å². The second-order valence-electron chi connectivity index (χ2n) is 4.57. The van der Waals surface area contributed by atoms with E-state index in [1.165, 1.54) is 11.7 Å². The number of rotatable bonds is 4. The van der Waals surface area contributed by atoms with Crippen molar-refractivity contribution < 1.29 is 28.7 Å². The largest absolute Gasteiger partial charge is 1.00 e. The number of halogens is 1. The van der Waals surface area contributed by atoms with E-state index in [4.69, 9.17) is 4.74 Å². The molecule has 0 aliphatic carbocycles. The molecule has 0 spiro atoms. The van der Waals surface area contributed by atoms with Gasteiger partial charge in [0.15, 0.2) is 0 Å². The zero-order valence-corrected chi connectivity index (χ0v) is 13.7. The van der Waals surface area contributed by atoms with Crippen molar-refractivity contribution in [2.45, 2.75) is 13.8 Å². The molecule has 6 heteroatoms. The van der Waals surface area contributed by atoms with Crippen LogP contribution in [-0.4, -0.2) is 33.8 Å². The molecular weight excluding hydrogens is 361 g/mol. The summed E-state index contributed by atoms with van der Waals surface area (Å²) in [4.78, 5) is 2.11. The maximum atomic E-state index is 5.68. The number of aromatic nitrogens is 2. The lowest BCUT2D eigenvalue weighted by Gasteiger charge is -2.19. The van der Waals surface area contributed by atoms with E-state index in [0.717, 1.165) is 17.8 Å². The van der Waals surface area contributed by atoms with Crippen LogP contribution < -0.4 is 28.7 Å². The Hall–Kier alpha value is -0.630. The summed E-state index contributed by atoms with van der Waals surface area (Å²) >= 11 is 1.20. The lowest BCUT2D eigenvalue weighted by Crippen LogP contribution is -3.00. The SMILES string of the molecule is CC(C)COc1nsnc1C1=CC=CN(C)C1.[I-]. The van der Waals surface area contributed by atoms with E-state index in [0.29, 0.717) is 18.4 Å². The van der Waals surface area contributed by atoms with Crippen LogP contribution >= 0.6 is 11.7 Å². The highest BCUT2D eigenvalue weighted by molar-refractivity contribution is 6.99. The molecule has 1 aromatic heterocycles. The van der Waals surface area contributed by atoms with Crippen LogP contribution in [0.15, 0.2) is 18.4 Å². The van der Waals surface area contributed by atoms with Gasteiger partial charge in [-0.2, -0.15) is 4.37 Å². The first kappa shape index (κ1) is 15.4. The summed E-state index contributed by atoms with van der Waals surface area (Å²) in [5, 5.41) is 0. The third-order valence-electron chi connectivity index (χ3n) is 2.37. The average molecular weight is 378 g/mol. The van der Waals surface area contributed by atoms with E-state index < -0.39 is 0 Å². The molecule has 0 amide bonds. The molecule has 1 aromatic rings. The van der Waals surface area contributed by atoms with Crippen molar-refractivity contribution in [1.29, 1.82) is 0 Å². The van der Waals surface area contributed by atoms with E-state index >= 15 is 0 Å². The minimum atomic E-state index is 0. The smallest absolute Gasteiger partial charge is 0.253 e. The summed E-state index contributed by atoms with van der Waals surface area (Å²) in [6, 6.07) is 0. The van der Waals surface area contributed by atoms with Gasteiger partial charge in [-0.25, -0.2) is 0 Å². The van der Waals surface area contributed by atoms with Crippen molar-refractivity contribution in [3.63, 3.8) is 0 Å². The van der Waals surface area contributed by atoms with Gasteiger partial charge in [0.25, 0.3) is 5.88 Å². The van der Waals surface area contributed by atoms with Crippen LogP contribution in [0.2, 0.25) is 0 Å². The summed E-state index contributed by atoms with van der Waals surface area (Å²) in [6.45, 7) is 5.77. The molecular formula is C12H17IN3OS-. The summed E-state index contributed by atoms with van der Waals surface area (Å²) in [5.41, 5.74) is 2.04. The topological polar surface area (TPSA) is 38.3 Å². The molecule has 0 aromatic carbocycles. The Morgan fingerprint density at radius 1 is 1.44 bits per heavy atom. The summed E-state index contributed by atoms with van der Waals surface area (Å²) in [5.74, 6) is 1.16. The van der Waals surface area contributed by atoms with Crippen molar-refractivity contribution in [2.24, 2.45) is 5.92 Å². The molecule has 0 fully saturated rings. The van der Waals surface area contributed by atoms with E-state index in [2.05, 4.69) is 33.6 Å². The summed E-state index contributed by atoms with van der Waals surface area (Å²) < 4.78 is 14.2. The van der Waals surface area contributed by atoms with Gasteiger partial charge in [-0.15, -0.1) is 4.37 Å². The van der Waals surface area contributed by atoms with Gasteiger partial charge in [-0.05, 0) is 18.2 Å². The highest BCUT2D eigenvalue weighted by Crippen LogP contribution is 2.26. The molecule has 0 unspecified atom stereocenters. The molecule has 0 N–H and O–H groups in total. The van der Waals surface area contributed by atoms with Gasteiger partial charge in [-0.3, -0.25) is 0 Å². The lowest BCUT2D eigenvalue weighted by molar-refractivity contribution is -0.00000416. The first-order valence-electron chi connectivity index (χ1n) is 5.70. The Balaban J connectivity index is 0.00000162. The normalized spacial score (nSPS) is 14.4. The fourth-order valence-corrected chi connectivity index (χ4v) is 2.08. The molecule has 4 nitrogen and oxygen atoms in total. The Morgan fingerprint density at radius 2 is 2.22 bits per heavy atom. The molecule has 18 heavy (non-hydrogen) atoms. The lowest BCUT2D eigenvalue weighted by atomic mass is 10.1. The van der Waals surface area contributed by atoms with Crippen LogP contribution in [0, 0.1) is 5.92 Å². The van der Waals surface area contributed by atoms with Gasteiger partial charge in [-0.1, -0.05) is 19.9 Å². The van der Waals surface area contributed by atoms with E-state index in [1.807, 2.05) is 19.3 Å². The van der Waals surface area contributed by atoms with Crippen LogP contribution in [0.4, 0.5) is 0 Å². The fraction of sp³-hybridized carbons (Fsp3) is 0.500. The van der Waals surface area contributed by atoms with E-state index in [9.17, 15) is 0 Å². The third kappa shape index (κ3) is 3.94. The molecule has 1 aliphatic heterocycles. The minimum Gasteiger partial charge on any atom is -1.00 e. The monoisotopic (exact) mass is 378 g/mol. The number of likely N-dealkylation sites (N-methyl/N-ethyl adjacent to an activating group) is 1. The van der Waals surface area contributed by atoms with Gasteiger partial charge in [0.05, 0.1) is 18.3 Å². The standard InChI is InChI=1S/C12H17N3OS.HI/c1-9(2)8-16-12-11(13-17-14-12)10-5-4-6-15(3)7-10;/h4-6,9H,7-8H2,1-3H3;1H/p-1. The first-order chi connectivity index (χ1) is 8.16. The zero-order chi connectivity index (χ0) is 12.3. The molecule has 2 heterocycles. The second-order valence-corrected chi connectivity index (χ2v) is 5.10. The van der Waals surface area contributed by atoms with Crippen LogP contribution in [0.1, 0.15) is 19.5 Å². The highest BCUT2D eigenvalue weighted by Gasteiger charge is 2.16. The van der Waals surface area contributed by atoms with E-state index in [-0.39, 0.29) is 24.0 Å². The molecule has 1 aliphatic rings. The summed E-state index contributed by atoms with van der Waals surface area (Å²) in [6.07, 6.45) is 6.13. The van der Waals surface area contributed by atoms with Gasteiger partial charge < -0.3 is 33.6 Å². The second kappa shape index (κ2) is 7.08. The number of ether oxygens (including phenoxy) is 1. The minimum absolute atomic E-state index is 0. The maximum Gasteiger partial charge on any atom is 0.253 e. The molecule has 0 bridgehead atoms. The fourth-order valence-electron chi connectivity index (χ4n) is 1.55. The van der Waals surface area contributed by atoms with E-state index in [1.54, 1.807) is 0 Å². The van der Waals surface area contributed by atoms with Crippen molar-refractivity contribution in [2.75, 3.05) is 20.2 Å². The molecule has 0 saturated heterocycles. The van der Waals surface area contributed by atoms with Gasteiger partial charge in [0, 0.05) is 19.2 Å². The van der Waals surface area contributed by atoms with Crippen molar-refractivity contribution in [1.82, 2.24) is 13.6 Å². The van der Waals surface area contributed by atoms with Crippen molar-refractivity contribution in [3.8, 4) is 5.88 Å². The molecule has 0 atom stereocenters. The van der Waals surface area contributed by atoms with Crippen LogP contribution in [-0.2, 0) is 0 Å². The quantitative estimate of drug-likeness (QED) is 0.658. The van der Waals surface area contributed by atoms with Crippen molar-refractivity contribution in [3.05, 3.63) is 24.0 Å². The van der Waals surface area contributed by atoms with Gasteiger partial charge in [0.1, 0.15) is 5.69 Å². The average Bonchev–Trinajstić information content (AvgIpc) is 2.74. The Kier molecular flexibility index (Phi) is 6.07. The predicted octanol–water partition coefficient (Wildman–Crippen LogP) is -0.581. The third-order valence-corrected chi connectivity index (χ3v) is 2.89. The van der Waals surface area contributed by atoms with Crippen LogP contribution in [0.25, 0.3) is 5.57 Å². The molecule has 100 valence electrons. The summed E-state index contributed by atoms with van der Waals surface area (Å²) in [7, 11) is 2.04. The Bertz CT molecular complexity index is 442. The van der Waals surface area contributed by atoms with Crippen molar-refractivity contribution >= 4 is 17.3 Å². The predicted molar refractivity (Wildman–Crippen MR) is 70.0 cm³/mol.